The summed E-state index contributed by atoms with van der Waals surface area (Å²) >= 11 is 0. The van der Waals surface area contributed by atoms with Crippen molar-refractivity contribution in [3.05, 3.63) is 29.3 Å². The third-order valence-corrected chi connectivity index (χ3v) is 2.88. The summed E-state index contributed by atoms with van der Waals surface area (Å²) in [6.45, 7) is 5.01. The number of amides is 2. The summed E-state index contributed by atoms with van der Waals surface area (Å²) in [4.78, 5) is 13.5. The maximum Gasteiger partial charge on any atom is 0.321 e. The van der Waals surface area contributed by atoms with E-state index in [-0.39, 0.29) is 6.03 Å². The number of nitrogens with zero attached hydrogens (tertiary/aromatic N) is 1. The molecule has 0 radical (unpaired) electrons. The Morgan fingerprint density at radius 2 is 2.16 bits per heavy atom. The number of benzene rings is 1. The first-order valence-corrected chi connectivity index (χ1v) is 6.46. The monoisotopic (exact) mass is 259 g/mol. The zero-order chi connectivity index (χ0) is 14.3. The van der Waals surface area contributed by atoms with Crippen LogP contribution in [0, 0.1) is 11.8 Å². The van der Waals surface area contributed by atoms with Gasteiger partial charge in [0, 0.05) is 24.8 Å². The van der Waals surface area contributed by atoms with E-state index in [0.29, 0.717) is 13.1 Å². The highest BCUT2D eigenvalue weighted by Gasteiger charge is 2.09. The molecule has 0 spiro atoms. The Morgan fingerprint density at radius 1 is 1.42 bits per heavy atom. The number of nitrogens with two attached hydrogens (primary N) is 1. The molecule has 4 heteroatoms. The number of hydrogen-bond donors (Lipinski definition) is 2. The predicted octanol–water partition coefficient (Wildman–Crippen LogP) is 2.04. The summed E-state index contributed by atoms with van der Waals surface area (Å²) in [5, 5.41) is 2.91. The highest BCUT2D eigenvalue weighted by atomic mass is 16.2. The summed E-state index contributed by atoms with van der Waals surface area (Å²) in [6, 6.07) is 5.67. The Morgan fingerprint density at radius 3 is 2.74 bits per heavy atom. The van der Waals surface area contributed by atoms with Crippen LogP contribution in [0.5, 0.6) is 0 Å². The maximum absolute atomic E-state index is 11.8. The summed E-state index contributed by atoms with van der Waals surface area (Å²) in [6.07, 6.45) is 0.837. The number of carbonyl (C=O) groups is 1. The molecule has 0 saturated heterocycles. The average Bonchev–Trinajstić information content (AvgIpc) is 2.44. The molecule has 19 heavy (non-hydrogen) atoms. The first kappa shape index (κ1) is 15.1. The standard InChI is InChI=1S/C15H21N3O/c1-4-13-11-12(7-6-10-16)8-9-14(13)17-15(19)18(3)5-2/h8-9,11H,4-5,10,16H2,1-3H3,(H,17,19). The molecule has 0 fully saturated rings. The van der Waals surface area contributed by atoms with Crippen LogP contribution in [0.4, 0.5) is 10.5 Å². The number of urea groups is 1. The van der Waals surface area contributed by atoms with Crippen LogP contribution < -0.4 is 11.1 Å². The van der Waals surface area contributed by atoms with Crippen molar-refractivity contribution in [2.24, 2.45) is 5.73 Å². The Bertz CT molecular complexity index is 500. The minimum absolute atomic E-state index is 0.0991. The van der Waals surface area contributed by atoms with Gasteiger partial charge in [0.1, 0.15) is 0 Å². The second-order valence-corrected chi connectivity index (χ2v) is 4.18. The van der Waals surface area contributed by atoms with E-state index in [4.69, 9.17) is 5.73 Å². The fraction of sp³-hybridized carbons (Fsp3) is 0.400. The van der Waals surface area contributed by atoms with Crippen LogP contribution in [0.2, 0.25) is 0 Å². The lowest BCUT2D eigenvalue weighted by Crippen LogP contribution is -2.31. The molecule has 0 bridgehead atoms. The molecular formula is C15H21N3O. The van der Waals surface area contributed by atoms with E-state index < -0.39 is 0 Å². The average molecular weight is 259 g/mol. The molecule has 2 amide bonds. The van der Waals surface area contributed by atoms with Crippen molar-refractivity contribution in [1.29, 1.82) is 0 Å². The van der Waals surface area contributed by atoms with E-state index in [2.05, 4.69) is 24.1 Å². The van der Waals surface area contributed by atoms with Gasteiger partial charge in [0.05, 0.1) is 6.54 Å². The van der Waals surface area contributed by atoms with Gasteiger partial charge in [-0.15, -0.1) is 0 Å². The first-order valence-electron chi connectivity index (χ1n) is 6.46. The van der Waals surface area contributed by atoms with Gasteiger partial charge in [0.15, 0.2) is 0 Å². The molecule has 0 aliphatic heterocycles. The van der Waals surface area contributed by atoms with Crippen molar-refractivity contribution in [2.45, 2.75) is 20.3 Å². The Kier molecular flexibility index (Phi) is 5.91. The summed E-state index contributed by atoms with van der Waals surface area (Å²) < 4.78 is 0. The van der Waals surface area contributed by atoms with E-state index in [9.17, 15) is 4.79 Å². The number of carbonyl (C=O) groups excluding carboxylic acids is 1. The lowest BCUT2D eigenvalue weighted by atomic mass is 10.1. The second kappa shape index (κ2) is 7.45. The van der Waals surface area contributed by atoms with Gasteiger partial charge in [-0.25, -0.2) is 4.79 Å². The highest BCUT2D eigenvalue weighted by Crippen LogP contribution is 2.18. The van der Waals surface area contributed by atoms with Crippen molar-refractivity contribution in [1.82, 2.24) is 4.90 Å². The van der Waals surface area contributed by atoms with Crippen molar-refractivity contribution >= 4 is 11.7 Å². The van der Waals surface area contributed by atoms with Crippen LogP contribution in [0.1, 0.15) is 25.0 Å². The van der Waals surface area contributed by atoms with E-state index in [0.717, 1.165) is 23.2 Å². The number of hydrogen-bond acceptors (Lipinski definition) is 2. The SMILES string of the molecule is CCc1cc(C#CCN)ccc1NC(=O)N(C)CC. The molecule has 1 aromatic carbocycles. The second-order valence-electron chi connectivity index (χ2n) is 4.18. The van der Waals surface area contributed by atoms with Gasteiger partial charge in [-0.1, -0.05) is 18.8 Å². The zero-order valence-electron chi connectivity index (χ0n) is 11.8. The molecule has 4 nitrogen and oxygen atoms in total. The first-order chi connectivity index (χ1) is 9.12. The van der Waals surface area contributed by atoms with Crippen LogP contribution in [0.3, 0.4) is 0 Å². The molecule has 0 saturated carbocycles. The zero-order valence-corrected chi connectivity index (χ0v) is 11.8. The Balaban J connectivity index is 2.93. The van der Waals surface area contributed by atoms with Gasteiger partial charge in [0.2, 0.25) is 0 Å². The lowest BCUT2D eigenvalue weighted by molar-refractivity contribution is 0.224. The van der Waals surface area contributed by atoms with Gasteiger partial charge in [-0.05, 0) is 37.1 Å². The normalized spacial score (nSPS) is 9.47. The van der Waals surface area contributed by atoms with E-state index in [1.165, 1.54) is 0 Å². The van der Waals surface area contributed by atoms with Crippen molar-refractivity contribution in [2.75, 3.05) is 25.5 Å². The smallest absolute Gasteiger partial charge is 0.321 e. The quantitative estimate of drug-likeness (QED) is 0.816. The molecule has 102 valence electrons. The lowest BCUT2D eigenvalue weighted by Gasteiger charge is -2.17. The third-order valence-electron chi connectivity index (χ3n) is 2.88. The Hall–Kier alpha value is -1.99. The molecule has 3 N–H and O–H groups in total. The summed E-state index contributed by atoms with van der Waals surface area (Å²) in [7, 11) is 1.77. The van der Waals surface area contributed by atoms with Crippen LogP contribution in [-0.4, -0.2) is 31.1 Å². The minimum Gasteiger partial charge on any atom is -0.328 e. The molecule has 0 aliphatic carbocycles. The summed E-state index contributed by atoms with van der Waals surface area (Å²) in [5.74, 6) is 5.82. The molecule has 0 atom stereocenters. The molecule has 1 rings (SSSR count). The molecule has 0 aliphatic rings. The van der Waals surface area contributed by atoms with Crippen molar-refractivity contribution in [3.63, 3.8) is 0 Å². The van der Waals surface area contributed by atoms with Crippen molar-refractivity contribution in [3.8, 4) is 11.8 Å². The van der Waals surface area contributed by atoms with Crippen LogP contribution >= 0.6 is 0 Å². The third kappa shape index (κ3) is 4.31. The fourth-order valence-electron chi connectivity index (χ4n) is 1.59. The van der Waals surface area contributed by atoms with Crippen LogP contribution in [0.25, 0.3) is 0 Å². The van der Waals surface area contributed by atoms with Crippen LogP contribution in [-0.2, 0) is 6.42 Å². The van der Waals surface area contributed by atoms with Crippen molar-refractivity contribution < 1.29 is 4.79 Å². The van der Waals surface area contributed by atoms with E-state index in [1.807, 2.05) is 25.1 Å². The summed E-state index contributed by atoms with van der Waals surface area (Å²) in [5.41, 5.74) is 8.19. The fourth-order valence-corrected chi connectivity index (χ4v) is 1.59. The van der Waals surface area contributed by atoms with E-state index >= 15 is 0 Å². The van der Waals surface area contributed by atoms with Gasteiger partial charge in [-0.3, -0.25) is 0 Å². The predicted molar refractivity (Wildman–Crippen MR) is 79.1 cm³/mol. The topological polar surface area (TPSA) is 58.4 Å². The maximum atomic E-state index is 11.8. The van der Waals surface area contributed by atoms with Crippen LogP contribution in [0.15, 0.2) is 18.2 Å². The van der Waals surface area contributed by atoms with Gasteiger partial charge >= 0.3 is 6.03 Å². The molecule has 1 aromatic rings. The number of anilines is 1. The number of aryl methyl sites for hydroxylation is 1. The minimum atomic E-state index is -0.0991. The van der Waals surface area contributed by atoms with Gasteiger partial charge in [-0.2, -0.15) is 0 Å². The number of rotatable bonds is 3. The Labute approximate surface area is 115 Å². The molecular weight excluding hydrogens is 238 g/mol. The molecule has 0 unspecified atom stereocenters. The van der Waals surface area contributed by atoms with E-state index in [1.54, 1.807) is 11.9 Å². The molecule has 0 heterocycles. The molecule has 0 aromatic heterocycles. The largest absolute Gasteiger partial charge is 0.328 e. The van der Waals surface area contributed by atoms with Gasteiger partial charge < -0.3 is 16.0 Å². The number of nitrogens with one attached hydrogen (secondary N) is 1. The highest BCUT2D eigenvalue weighted by molar-refractivity contribution is 5.90. The van der Waals surface area contributed by atoms with Gasteiger partial charge in [0.25, 0.3) is 0 Å².